The van der Waals surface area contributed by atoms with Gasteiger partial charge < -0.3 is 0 Å². The van der Waals surface area contributed by atoms with E-state index in [1.54, 1.807) is 38.2 Å². The van der Waals surface area contributed by atoms with Crippen LogP contribution in [0.4, 0.5) is 24.5 Å². The third-order valence-corrected chi connectivity index (χ3v) is 4.35. The van der Waals surface area contributed by atoms with Crippen molar-refractivity contribution < 1.29 is 18.0 Å². The van der Waals surface area contributed by atoms with Crippen LogP contribution in [0, 0.1) is 24.4 Å². The molecule has 0 saturated heterocycles. The van der Waals surface area contributed by atoms with Gasteiger partial charge in [0, 0.05) is 12.6 Å². The van der Waals surface area contributed by atoms with E-state index >= 15 is 0 Å². The van der Waals surface area contributed by atoms with Gasteiger partial charge in [0.2, 0.25) is 6.41 Å². The van der Waals surface area contributed by atoms with Crippen molar-refractivity contribution in [3.05, 3.63) is 64.7 Å². The Morgan fingerprint density at radius 3 is 2.31 bits per heavy atom. The molecule has 1 amide bonds. The number of halogens is 4. The van der Waals surface area contributed by atoms with E-state index < -0.39 is 17.5 Å². The number of amides is 1. The molecule has 1 heterocycles. The number of aromatic nitrogens is 2. The summed E-state index contributed by atoms with van der Waals surface area (Å²) < 4.78 is 42.0. The van der Waals surface area contributed by atoms with Crippen molar-refractivity contribution >= 4 is 29.4 Å². The van der Waals surface area contributed by atoms with Crippen LogP contribution in [0.3, 0.4) is 0 Å². The molecule has 0 fully saturated rings. The highest BCUT2D eigenvalue weighted by Gasteiger charge is 2.23. The Labute approximate surface area is 152 Å². The summed E-state index contributed by atoms with van der Waals surface area (Å²) >= 11 is 6.24. The van der Waals surface area contributed by atoms with Gasteiger partial charge in [0.05, 0.1) is 11.4 Å². The molecule has 0 bridgehead atoms. The summed E-state index contributed by atoms with van der Waals surface area (Å²) in [6.07, 6.45) is 0.533. The van der Waals surface area contributed by atoms with Gasteiger partial charge in [-0.25, -0.2) is 13.2 Å². The predicted octanol–water partition coefficient (Wildman–Crippen LogP) is 4.76. The Hall–Kier alpha value is -2.80. The van der Waals surface area contributed by atoms with Crippen LogP contribution in [-0.4, -0.2) is 16.2 Å². The van der Waals surface area contributed by atoms with E-state index in [0.717, 1.165) is 12.1 Å². The van der Waals surface area contributed by atoms with Gasteiger partial charge in [-0.3, -0.25) is 14.4 Å². The van der Waals surface area contributed by atoms with Crippen molar-refractivity contribution in [2.45, 2.75) is 6.92 Å². The Balaban J connectivity index is 2.22. The average Bonchev–Trinajstić information content (AvgIpc) is 2.87. The first-order valence-corrected chi connectivity index (χ1v) is 7.90. The zero-order valence-corrected chi connectivity index (χ0v) is 14.6. The topological polar surface area (TPSA) is 38.1 Å². The Bertz CT molecular complexity index is 980. The third kappa shape index (κ3) is 2.94. The minimum absolute atomic E-state index is 0.0847. The highest BCUT2D eigenvalue weighted by Crippen LogP contribution is 2.39. The summed E-state index contributed by atoms with van der Waals surface area (Å²) in [5.41, 5.74) is 1.58. The lowest BCUT2D eigenvalue weighted by atomic mass is 10.0. The summed E-state index contributed by atoms with van der Waals surface area (Å²) in [6, 6.07) is 8.20. The minimum atomic E-state index is -1.55. The summed E-state index contributed by atoms with van der Waals surface area (Å²) in [7, 11) is 1.62. The molecule has 0 unspecified atom stereocenters. The number of hydrogen-bond acceptors (Lipinski definition) is 2. The molecule has 26 heavy (non-hydrogen) atoms. The van der Waals surface area contributed by atoms with Crippen molar-refractivity contribution in [2.24, 2.45) is 7.05 Å². The second kappa shape index (κ2) is 6.84. The molecule has 0 N–H and O–H groups in total. The first-order chi connectivity index (χ1) is 12.3. The number of benzene rings is 2. The second-order valence-electron chi connectivity index (χ2n) is 5.59. The van der Waals surface area contributed by atoms with Gasteiger partial charge in [-0.2, -0.15) is 5.10 Å². The van der Waals surface area contributed by atoms with Gasteiger partial charge in [0.1, 0.15) is 5.69 Å². The quantitative estimate of drug-likeness (QED) is 0.484. The molecule has 4 nitrogen and oxygen atoms in total. The maximum atomic E-state index is 13.7. The number of carbonyl (C=O) groups excluding carboxylic acids is 1. The van der Waals surface area contributed by atoms with E-state index in [-0.39, 0.29) is 10.7 Å². The molecule has 134 valence electrons. The molecular weight excluding hydrogens is 367 g/mol. The number of aryl methyl sites for hydroxylation is 2. The standard InChI is InChI=1S/C18H13ClF3N3O/c1-10-17(18(19)24(2)23-10)25(9-26)15-6-4-3-5-12(15)11-7-13(20)16(22)14(21)8-11/h3-9H,1-2H3. The van der Waals surface area contributed by atoms with Gasteiger partial charge in [0.15, 0.2) is 22.6 Å². The summed E-state index contributed by atoms with van der Waals surface area (Å²) in [5, 5.41) is 4.38. The van der Waals surface area contributed by atoms with E-state index in [0.29, 0.717) is 29.0 Å². The summed E-state index contributed by atoms with van der Waals surface area (Å²) in [5.74, 6) is -4.18. The van der Waals surface area contributed by atoms with Gasteiger partial charge in [-0.15, -0.1) is 0 Å². The molecule has 3 rings (SSSR count). The predicted molar refractivity (Wildman–Crippen MR) is 92.9 cm³/mol. The summed E-state index contributed by atoms with van der Waals surface area (Å²) in [4.78, 5) is 13.0. The van der Waals surface area contributed by atoms with Crippen molar-refractivity contribution in [1.29, 1.82) is 0 Å². The molecule has 0 aliphatic carbocycles. The lowest BCUT2D eigenvalue weighted by molar-refractivity contribution is -0.106. The lowest BCUT2D eigenvalue weighted by Crippen LogP contribution is -2.16. The molecule has 1 aromatic heterocycles. The number of para-hydroxylation sites is 1. The van der Waals surface area contributed by atoms with E-state index in [2.05, 4.69) is 5.10 Å². The van der Waals surface area contributed by atoms with Crippen LogP contribution in [0.15, 0.2) is 36.4 Å². The molecule has 0 aliphatic rings. The molecule has 0 atom stereocenters. The van der Waals surface area contributed by atoms with Crippen molar-refractivity contribution in [1.82, 2.24) is 9.78 Å². The van der Waals surface area contributed by atoms with E-state index in [1.165, 1.54) is 9.58 Å². The first kappa shape index (κ1) is 18.0. The zero-order chi connectivity index (χ0) is 19.0. The summed E-state index contributed by atoms with van der Waals surface area (Å²) in [6.45, 7) is 1.68. The largest absolute Gasteiger partial charge is 0.278 e. The van der Waals surface area contributed by atoms with Crippen LogP contribution in [-0.2, 0) is 11.8 Å². The van der Waals surface area contributed by atoms with Crippen LogP contribution >= 0.6 is 11.6 Å². The minimum Gasteiger partial charge on any atom is -0.278 e. The normalized spacial score (nSPS) is 10.8. The number of nitrogens with zero attached hydrogens (tertiary/aromatic N) is 3. The fourth-order valence-electron chi connectivity index (χ4n) is 2.76. The van der Waals surface area contributed by atoms with Crippen LogP contribution in [0.1, 0.15) is 5.69 Å². The Morgan fingerprint density at radius 1 is 1.15 bits per heavy atom. The van der Waals surface area contributed by atoms with Gasteiger partial charge in [-0.05, 0) is 30.7 Å². The van der Waals surface area contributed by atoms with Crippen molar-refractivity contribution in [2.75, 3.05) is 4.90 Å². The Kier molecular flexibility index (Phi) is 4.73. The van der Waals surface area contributed by atoms with Gasteiger partial charge in [-0.1, -0.05) is 29.8 Å². The molecule has 2 aromatic carbocycles. The maximum absolute atomic E-state index is 13.7. The fraction of sp³-hybridized carbons (Fsp3) is 0.111. The van der Waals surface area contributed by atoms with Crippen LogP contribution in [0.25, 0.3) is 11.1 Å². The number of rotatable bonds is 4. The zero-order valence-electron chi connectivity index (χ0n) is 13.8. The average molecular weight is 380 g/mol. The molecular formula is C18H13ClF3N3O. The van der Waals surface area contributed by atoms with Crippen molar-refractivity contribution in [3.63, 3.8) is 0 Å². The fourth-order valence-corrected chi connectivity index (χ4v) is 3.03. The maximum Gasteiger partial charge on any atom is 0.218 e. The second-order valence-corrected chi connectivity index (χ2v) is 5.95. The number of carbonyl (C=O) groups is 1. The van der Waals surface area contributed by atoms with Crippen molar-refractivity contribution in [3.8, 4) is 11.1 Å². The number of anilines is 2. The lowest BCUT2D eigenvalue weighted by Gasteiger charge is -2.21. The van der Waals surface area contributed by atoms with E-state index in [4.69, 9.17) is 11.6 Å². The van der Waals surface area contributed by atoms with Gasteiger partial charge >= 0.3 is 0 Å². The Morgan fingerprint density at radius 2 is 1.77 bits per heavy atom. The third-order valence-electron chi connectivity index (χ3n) is 3.93. The number of hydrogen-bond donors (Lipinski definition) is 0. The first-order valence-electron chi connectivity index (χ1n) is 7.52. The molecule has 0 aliphatic heterocycles. The molecule has 0 saturated carbocycles. The molecule has 0 spiro atoms. The molecule has 3 aromatic rings. The van der Waals surface area contributed by atoms with E-state index in [9.17, 15) is 18.0 Å². The van der Waals surface area contributed by atoms with Crippen LogP contribution < -0.4 is 4.90 Å². The van der Waals surface area contributed by atoms with Crippen LogP contribution in [0.5, 0.6) is 0 Å². The monoisotopic (exact) mass is 379 g/mol. The SMILES string of the molecule is Cc1nn(C)c(Cl)c1N(C=O)c1ccccc1-c1cc(F)c(F)c(F)c1. The molecule has 0 radical (unpaired) electrons. The highest BCUT2D eigenvalue weighted by molar-refractivity contribution is 6.33. The highest BCUT2D eigenvalue weighted by atomic mass is 35.5. The smallest absolute Gasteiger partial charge is 0.218 e. The van der Waals surface area contributed by atoms with Crippen LogP contribution in [0.2, 0.25) is 5.15 Å². The van der Waals surface area contributed by atoms with Gasteiger partial charge in [0.25, 0.3) is 0 Å². The van der Waals surface area contributed by atoms with E-state index in [1.807, 2.05) is 0 Å². The molecule has 8 heteroatoms.